The summed E-state index contributed by atoms with van der Waals surface area (Å²) in [6.07, 6.45) is 0.0963. The van der Waals surface area contributed by atoms with Crippen molar-refractivity contribution < 1.29 is 18.3 Å². The van der Waals surface area contributed by atoms with Gasteiger partial charge in [0.1, 0.15) is 11.6 Å². The van der Waals surface area contributed by atoms with Gasteiger partial charge in [-0.1, -0.05) is 23.5 Å². The highest BCUT2D eigenvalue weighted by Gasteiger charge is 2.37. The van der Waals surface area contributed by atoms with E-state index in [2.05, 4.69) is 0 Å². The van der Waals surface area contributed by atoms with Gasteiger partial charge in [-0.05, 0) is 29.8 Å². The SMILES string of the molecule is COc1cccc([C@@H]2CC(=O)N(c3ccc(F)c(F)c3)c3c2sc(=O)n3C)c1. The van der Waals surface area contributed by atoms with Crippen LogP contribution in [-0.2, 0) is 11.8 Å². The second-order valence-electron chi connectivity index (χ2n) is 6.48. The summed E-state index contributed by atoms with van der Waals surface area (Å²) in [5.41, 5.74) is 1.03. The Balaban J connectivity index is 1.89. The zero-order chi connectivity index (χ0) is 20.0. The average molecular weight is 402 g/mol. The molecular weight excluding hydrogens is 386 g/mol. The molecule has 0 spiro atoms. The van der Waals surface area contributed by atoms with E-state index in [-0.39, 0.29) is 28.8 Å². The van der Waals surface area contributed by atoms with Crippen molar-refractivity contribution in [3.63, 3.8) is 0 Å². The van der Waals surface area contributed by atoms with Crippen LogP contribution < -0.4 is 14.5 Å². The van der Waals surface area contributed by atoms with Crippen LogP contribution >= 0.6 is 11.3 Å². The molecule has 1 aliphatic heterocycles. The first-order chi connectivity index (χ1) is 13.4. The molecule has 2 aromatic carbocycles. The molecule has 4 rings (SSSR count). The standard InChI is InChI=1S/C20H16F2N2O3S/c1-23-19-18(28-20(23)26)14(11-4-3-5-13(8-11)27-2)10-17(25)24(19)12-6-7-15(21)16(22)9-12/h3-9,14H,10H2,1-2H3/t14-/m0/s1. The van der Waals surface area contributed by atoms with E-state index in [0.717, 1.165) is 29.0 Å². The van der Waals surface area contributed by atoms with Gasteiger partial charge in [0, 0.05) is 25.5 Å². The molecular formula is C20H16F2N2O3S. The molecule has 0 N–H and O–H groups in total. The smallest absolute Gasteiger partial charge is 0.308 e. The highest BCUT2D eigenvalue weighted by molar-refractivity contribution is 7.10. The van der Waals surface area contributed by atoms with Gasteiger partial charge < -0.3 is 4.74 Å². The highest BCUT2D eigenvalue weighted by Crippen LogP contribution is 2.45. The molecule has 3 aromatic rings. The number of aromatic nitrogens is 1. The molecule has 8 heteroatoms. The number of hydrogen-bond acceptors (Lipinski definition) is 4. The van der Waals surface area contributed by atoms with E-state index in [9.17, 15) is 18.4 Å². The van der Waals surface area contributed by atoms with Gasteiger partial charge in [0.05, 0.1) is 17.7 Å². The summed E-state index contributed by atoms with van der Waals surface area (Å²) < 4.78 is 33.8. The van der Waals surface area contributed by atoms with Gasteiger partial charge in [-0.3, -0.25) is 19.1 Å². The summed E-state index contributed by atoms with van der Waals surface area (Å²) >= 11 is 1.05. The molecule has 1 aliphatic rings. The second-order valence-corrected chi connectivity index (χ2v) is 7.47. The molecule has 28 heavy (non-hydrogen) atoms. The maximum absolute atomic E-state index is 13.8. The van der Waals surface area contributed by atoms with Crippen molar-refractivity contribution in [1.29, 1.82) is 0 Å². The van der Waals surface area contributed by atoms with Crippen LogP contribution in [0.1, 0.15) is 22.8 Å². The van der Waals surface area contributed by atoms with Crippen LogP contribution in [0.5, 0.6) is 5.75 Å². The van der Waals surface area contributed by atoms with E-state index in [4.69, 9.17) is 4.74 Å². The van der Waals surface area contributed by atoms with Gasteiger partial charge in [0.15, 0.2) is 11.6 Å². The van der Waals surface area contributed by atoms with Crippen molar-refractivity contribution in [2.45, 2.75) is 12.3 Å². The van der Waals surface area contributed by atoms with Crippen molar-refractivity contribution in [2.75, 3.05) is 12.0 Å². The molecule has 1 amide bonds. The van der Waals surface area contributed by atoms with Gasteiger partial charge in [0.2, 0.25) is 5.91 Å². The van der Waals surface area contributed by atoms with Crippen LogP contribution in [0, 0.1) is 11.6 Å². The zero-order valence-corrected chi connectivity index (χ0v) is 15.9. The largest absolute Gasteiger partial charge is 0.497 e. The number of hydrogen-bond donors (Lipinski definition) is 0. The number of carbonyl (C=O) groups is 1. The van der Waals surface area contributed by atoms with Crippen molar-refractivity contribution >= 4 is 28.7 Å². The topological polar surface area (TPSA) is 51.5 Å². The van der Waals surface area contributed by atoms with Gasteiger partial charge in [-0.2, -0.15) is 0 Å². The van der Waals surface area contributed by atoms with E-state index in [1.165, 1.54) is 15.5 Å². The Bertz CT molecular complexity index is 1140. The monoisotopic (exact) mass is 402 g/mol. The molecule has 0 fully saturated rings. The molecule has 1 atom stereocenters. The molecule has 0 unspecified atom stereocenters. The Morgan fingerprint density at radius 1 is 1.11 bits per heavy atom. The fourth-order valence-electron chi connectivity index (χ4n) is 3.44. The Morgan fingerprint density at radius 2 is 1.89 bits per heavy atom. The summed E-state index contributed by atoms with van der Waals surface area (Å²) in [5.74, 6) is -1.65. The summed E-state index contributed by atoms with van der Waals surface area (Å²) in [6.45, 7) is 0. The predicted octanol–water partition coefficient (Wildman–Crippen LogP) is 3.93. The number of ether oxygens (including phenoxy) is 1. The second kappa shape index (κ2) is 6.87. The number of rotatable bonds is 3. The number of methoxy groups -OCH3 is 1. The quantitative estimate of drug-likeness (QED) is 0.667. The summed E-state index contributed by atoms with van der Waals surface area (Å²) in [7, 11) is 3.12. The third-order valence-corrected chi connectivity index (χ3v) is 5.96. The summed E-state index contributed by atoms with van der Waals surface area (Å²) in [4.78, 5) is 27.2. The maximum Gasteiger partial charge on any atom is 0.308 e. The molecule has 5 nitrogen and oxygen atoms in total. The minimum absolute atomic E-state index is 0.0963. The van der Waals surface area contributed by atoms with E-state index in [1.807, 2.05) is 18.2 Å². The van der Waals surface area contributed by atoms with Crippen LogP contribution in [-0.4, -0.2) is 17.6 Å². The zero-order valence-electron chi connectivity index (χ0n) is 15.1. The Labute approximate surface area is 163 Å². The molecule has 0 aliphatic carbocycles. The Morgan fingerprint density at radius 3 is 2.61 bits per heavy atom. The first kappa shape index (κ1) is 18.4. The number of halogens is 2. The fraction of sp³-hybridized carbons (Fsp3) is 0.200. The highest BCUT2D eigenvalue weighted by atomic mass is 32.1. The number of anilines is 2. The average Bonchev–Trinajstić information content (AvgIpc) is 2.98. The van der Waals surface area contributed by atoms with Crippen molar-refractivity contribution in [1.82, 2.24) is 4.57 Å². The number of amides is 1. The van der Waals surface area contributed by atoms with Crippen LogP contribution in [0.25, 0.3) is 0 Å². The van der Waals surface area contributed by atoms with Gasteiger partial charge in [0.25, 0.3) is 0 Å². The molecule has 1 aromatic heterocycles. The van der Waals surface area contributed by atoms with Gasteiger partial charge in [-0.25, -0.2) is 8.78 Å². The number of benzene rings is 2. The molecule has 144 valence electrons. The minimum atomic E-state index is -1.05. The summed E-state index contributed by atoms with van der Waals surface area (Å²) in [6, 6.07) is 10.6. The first-order valence-electron chi connectivity index (χ1n) is 8.52. The Hall–Kier alpha value is -3.00. The van der Waals surface area contributed by atoms with Gasteiger partial charge >= 0.3 is 4.87 Å². The normalized spacial score (nSPS) is 16.2. The molecule has 2 heterocycles. The maximum atomic E-state index is 13.8. The molecule has 0 bridgehead atoms. The van der Waals surface area contributed by atoms with Crippen LogP contribution in [0.3, 0.4) is 0 Å². The number of thiazole rings is 1. The molecule has 0 saturated carbocycles. The Kier molecular flexibility index (Phi) is 4.50. The first-order valence-corrected chi connectivity index (χ1v) is 9.34. The lowest BCUT2D eigenvalue weighted by Gasteiger charge is -2.32. The molecule has 0 radical (unpaired) electrons. The number of fused-ring (bicyclic) bond motifs is 1. The van der Waals surface area contributed by atoms with Crippen molar-refractivity contribution in [3.05, 3.63) is 74.2 Å². The third kappa shape index (κ3) is 2.90. The lowest BCUT2D eigenvalue weighted by atomic mass is 9.90. The van der Waals surface area contributed by atoms with E-state index in [1.54, 1.807) is 20.2 Å². The van der Waals surface area contributed by atoms with E-state index >= 15 is 0 Å². The van der Waals surface area contributed by atoms with E-state index in [0.29, 0.717) is 16.4 Å². The van der Waals surface area contributed by atoms with Crippen molar-refractivity contribution in [3.8, 4) is 5.75 Å². The van der Waals surface area contributed by atoms with E-state index < -0.39 is 11.6 Å². The number of nitrogens with zero attached hydrogens (tertiary/aromatic N) is 2. The van der Waals surface area contributed by atoms with Crippen LogP contribution in [0.15, 0.2) is 47.3 Å². The fourth-order valence-corrected chi connectivity index (χ4v) is 4.53. The minimum Gasteiger partial charge on any atom is -0.497 e. The van der Waals surface area contributed by atoms with Gasteiger partial charge in [-0.15, -0.1) is 0 Å². The van der Waals surface area contributed by atoms with Crippen LogP contribution in [0.4, 0.5) is 20.3 Å². The lowest BCUT2D eigenvalue weighted by Crippen LogP contribution is -2.34. The lowest BCUT2D eigenvalue weighted by molar-refractivity contribution is -0.118. The van der Waals surface area contributed by atoms with Crippen molar-refractivity contribution in [2.24, 2.45) is 7.05 Å². The summed E-state index contributed by atoms with van der Waals surface area (Å²) in [5, 5.41) is 0. The number of carbonyl (C=O) groups excluding carboxylic acids is 1. The predicted molar refractivity (Wildman–Crippen MR) is 103 cm³/mol. The molecule has 0 saturated heterocycles. The van der Waals surface area contributed by atoms with Crippen LogP contribution in [0.2, 0.25) is 0 Å². The third-order valence-electron chi connectivity index (χ3n) is 4.82.